The Morgan fingerprint density at radius 1 is 0.392 bits per heavy atom. The van der Waals surface area contributed by atoms with Gasteiger partial charge in [0.2, 0.25) is 0 Å². The average Bonchev–Trinajstić information content (AvgIpc) is 3.61. The summed E-state index contributed by atoms with van der Waals surface area (Å²) in [5.74, 6) is 0. The van der Waals surface area contributed by atoms with Crippen molar-refractivity contribution < 1.29 is 4.57 Å². The first-order chi connectivity index (χ1) is 25.1. The number of fused-ring (bicyclic) bond motifs is 9. The highest BCUT2D eigenvalue weighted by molar-refractivity contribution is 7.85. The molecule has 51 heavy (non-hydrogen) atoms. The highest BCUT2D eigenvalue weighted by atomic mass is 31.2. The molecule has 0 aliphatic rings. The van der Waals surface area contributed by atoms with E-state index in [2.05, 4.69) is 120 Å². The molecule has 0 atom stereocenters. The molecule has 2 aromatic heterocycles. The number of hydrogen-bond donors (Lipinski definition) is 0. The number of pyridine rings is 1. The van der Waals surface area contributed by atoms with Crippen molar-refractivity contribution in [3.8, 4) is 22.3 Å². The molecule has 8 aromatic carbocycles. The van der Waals surface area contributed by atoms with Crippen molar-refractivity contribution in [3.05, 3.63) is 188 Å². The van der Waals surface area contributed by atoms with Gasteiger partial charge in [-0.3, -0.25) is 4.40 Å². The fraction of sp³-hybridized carbons (Fsp3) is 0. The molecule has 2 heterocycles. The number of para-hydroxylation sites is 3. The third-order valence-corrected chi connectivity index (χ3v) is 13.3. The average molecular weight is 671 g/mol. The topological polar surface area (TPSA) is 34.4 Å². The molecule has 0 amide bonds. The maximum Gasteiger partial charge on any atom is 0.171 e. The molecule has 3 nitrogen and oxygen atoms in total. The molecule has 0 fully saturated rings. The summed E-state index contributed by atoms with van der Waals surface area (Å²) in [4.78, 5) is 5.07. The molecule has 0 spiro atoms. The summed E-state index contributed by atoms with van der Waals surface area (Å²) < 4.78 is 17.3. The van der Waals surface area contributed by atoms with Gasteiger partial charge in [-0.15, -0.1) is 0 Å². The van der Waals surface area contributed by atoms with Gasteiger partial charge in [0.05, 0.1) is 16.6 Å². The van der Waals surface area contributed by atoms with Crippen LogP contribution in [0.15, 0.2) is 188 Å². The highest BCUT2D eigenvalue weighted by Crippen LogP contribution is 2.43. The van der Waals surface area contributed by atoms with Gasteiger partial charge < -0.3 is 4.57 Å². The number of rotatable bonds is 5. The van der Waals surface area contributed by atoms with Crippen LogP contribution < -0.4 is 15.9 Å². The zero-order chi connectivity index (χ0) is 33.9. The molecular weight excluding hydrogens is 640 g/mol. The number of nitrogens with zero attached hydrogens (tertiary/aromatic N) is 2. The predicted octanol–water partition coefficient (Wildman–Crippen LogP) is 10.9. The van der Waals surface area contributed by atoms with Crippen molar-refractivity contribution in [2.45, 2.75) is 0 Å². The van der Waals surface area contributed by atoms with Gasteiger partial charge in [-0.25, -0.2) is 4.98 Å². The minimum absolute atomic E-state index is 0.840. The molecule has 0 aliphatic carbocycles. The van der Waals surface area contributed by atoms with E-state index in [1.807, 2.05) is 72.8 Å². The molecule has 0 radical (unpaired) electrons. The fourth-order valence-corrected chi connectivity index (χ4v) is 10.4. The van der Waals surface area contributed by atoms with Crippen LogP contribution in [0.2, 0.25) is 0 Å². The lowest BCUT2D eigenvalue weighted by Gasteiger charge is -2.20. The first kappa shape index (κ1) is 29.6. The second kappa shape index (κ2) is 11.7. The third-order valence-electron chi connectivity index (χ3n) is 10.2. The van der Waals surface area contributed by atoms with Crippen LogP contribution in [0.4, 0.5) is 0 Å². The van der Waals surface area contributed by atoms with E-state index in [0.29, 0.717) is 0 Å². The van der Waals surface area contributed by atoms with Crippen LogP contribution in [0.1, 0.15) is 0 Å². The Kier molecular flexibility index (Phi) is 6.77. The number of hydrogen-bond acceptors (Lipinski definition) is 2. The second-order valence-corrected chi connectivity index (χ2v) is 15.9. The Hall–Kier alpha value is -6.28. The third kappa shape index (κ3) is 4.74. The molecule has 0 bridgehead atoms. The Morgan fingerprint density at radius 2 is 0.980 bits per heavy atom. The van der Waals surface area contributed by atoms with Gasteiger partial charge in [0.15, 0.2) is 7.14 Å². The van der Waals surface area contributed by atoms with Crippen LogP contribution >= 0.6 is 7.14 Å². The Morgan fingerprint density at radius 3 is 1.75 bits per heavy atom. The molecule has 4 heteroatoms. The predicted molar refractivity (Wildman–Crippen MR) is 215 cm³/mol. The lowest BCUT2D eigenvalue weighted by Crippen LogP contribution is -2.24. The molecule has 0 saturated heterocycles. The van der Waals surface area contributed by atoms with Crippen LogP contribution in [0.5, 0.6) is 0 Å². The minimum atomic E-state index is -3.05. The Bertz CT molecular complexity index is 2960. The largest absolute Gasteiger partial charge is 0.309 e. The van der Waals surface area contributed by atoms with E-state index in [-0.39, 0.29) is 0 Å². The van der Waals surface area contributed by atoms with E-state index in [1.165, 1.54) is 10.8 Å². The number of aromatic nitrogens is 2. The van der Waals surface area contributed by atoms with Gasteiger partial charge in [0.25, 0.3) is 0 Å². The SMILES string of the molecule is O=P(c1ccccc1)(c1ccccc1)c1ccc2cc(-c3cccc(-c4ccc5c(c4)c4ccccc4n4c6ccccc6nc54)c3)ccc2c1. The molecule has 0 N–H and O–H groups in total. The number of benzene rings is 8. The van der Waals surface area contributed by atoms with Gasteiger partial charge in [-0.05, 0) is 86.9 Å². The van der Waals surface area contributed by atoms with Gasteiger partial charge in [-0.1, -0.05) is 140 Å². The van der Waals surface area contributed by atoms with E-state index in [9.17, 15) is 4.57 Å². The van der Waals surface area contributed by atoms with Gasteiger partial charge in [-0.2, -0.15) is 0 Å². The van der Waals surface area contributed by atoms with Crippen LogP contribution in [0.3, 0.4) is 0 Å². The van der Waals surface area contributed by atoms with E-state index in [1.54, 1.807) is 0 Å². The zero-order valence-electron chi connectivity index (χ0n) is 27.6. The molecule has 240 valence electrons. The van der Waals surface area contributed by atoms with Crippen molar-refractivity contribution >= 4 is 72.2 Å². The monoisotopic (exact) mass is 670 g/mol. The summed E-state index contributed by atoms with van der Waals surface area (Å²) >= 11 is 0. The van der Waals surface area contributed by atoms with E-state index in [4.69, 9.17) is 4.98 Å². The van der Waals surface area contributed by atoms with Crippen LogP contribution in [0.25, 0.3) is 71.4 Å². The number of imidazole rings is 1. The van der Waals surface area contributed by atoms with Crippen LogP contribution in [-0.2, 0) is 4.57 Å². The first-order valence-corrected chi connectivity index (χ1v) is 18.9. The minimum Gasteiger partial charge on any atom is -0.309 e. The maximum atomic E-state index is 15.0. The highest BCUT2D eigenvalue weighted by Gasteiger charge is 2.29. The normalized spacial score (nSPS) is 12.0. The van der Waals surface area contributed by atoms with Crippen molar-refractivity contribution in [1.29, 1.82) is 0 Å². The van der Waals surface area contributed by atoms with E-state index < -0.39 is 7.14 Å². The summed E-state index contributed by atoms with van der Waals surface area (Å²) in [6.45, 7) is 0. The quantitative estimate of drug-likeness (QED) is 0.135. The molecule has 10 aromatic rings. The molecule has 0 unspecified atom stereocenters. The summed E-state index contributed by atoms with van der Waals surface area (Å²) in [5.41, 5.74) is 8.87. The zero-order valence-corrected chi connectivity index (χ0v) is 28.5. The smallest absolute Gasteiger partial charge is 0.171 e. The summed E-state index contributed by atoms with van der Waals surface area (Å²) in [6, 6.07) is 65.1. The van der Waals surface area contributed by atoms with Crippen LogP contribution in [0, 0.1) is 0 Å². The van der Waals surface area contributed by atoms with Crippen molar-refractivity contribution in [3.63, 3.8) is 0 Å². The van der Waals surface area contributed by atoms with Gasteiger partial charge in [0, 0.05) is 26.7 Å². The van der Waals surface area contributed by atoms with Crippen molar-refractivity contribution in [2.75, 3.05) is 0 Å². The maximum absolute atomic E-state index is 15.0. The van der Waals surface area contributed by atoms with E-state index in [0.717, 1.165) is 76.5 Å². The molecular formula is C47H31N2OP. The fourth-order valence-electron chi connectivity index (χ4n) is 7.70. The summed E-state index contributed by atoms with van der Waals surface area (Å²) in [7, 11) is -3.05. The van der Waals surface area contributed by atoms with Crippen molar-refractivity contribution in [1.82, 2.24) is 9.38 Å². The van der Waals surface area contributed by atoms with Gasteiger partial charge in [0.1, 0.15) is 5.65 Å². The van der Waals surface area contributed by atoms with Crippen molar-refractivity contribution in [2.24, 2.45) is 0 Å². The summed E-state index contributed by atoms with van der Waals surface area (Å²) in [6.07, 6.45) is 0. The standard InChI is InChI=1S/C47H31N2OP/c50-51(38-14-3-1-4-15-38,39-16-5-2-6-17-39)40-26-24-35-29-34(22-23-36(35)30-40)32-12-11-13-33(28-32)37-25-27-42-43(31-37)41-18-7-9-20-45(41)49-46-21-10-8-19-44(46)48-47(42)49/h1-31H. The first-order valence-electron chi connectivity index (χ1n) is 17.2. The Labute approximate surface area is 295 Å². The Balaban J connectivity index is 1.06. The lowest BCUT2D eigenvalue weighted by molar-refractivity contribution is 0.592. The molecule has 0 saturated carbocycles. The van der Waals surface area contributed by atoms with Gasteiger partial charge >= 0.3 is 0 Å². The van der Waals surface area contributed by atoms with Crippen LogP contribution in [-0.4, -0.2) is 9.38 Å². The summed E-state index contributed by atoms with van der Waals surface area (Å²) in [5, 5.41) is 8.25. The van der Waals surface area contributed by atoms with E-state index >= 15 is 0 Å². The second-order valence-electron chi connectivity index (χ2n) is 13.1. The lowest BCUT2D eigenvalue weighted by atomic mass is 9.95. The molecule has 10 rings (SSSR count). The molecule has 0 aliphatic heterocycles.